The number of hydrogen-bond donors (Lipinski definition) is 1. The van der Waals surface area contributed by atoms with Crippen molar-refractivity contribution in [3.05, 3.63) is 29.8 Å². The van der Waals surface area contributed by atoms with Crippen molar-refractivity contribution in [3.8, 4) is 0 Å². The maximum Gasteiger partial charge on any atom is 0.226 e. The predicted octanol–water partition coefficient (Wildman–Crippen LogP) is 2.15. The van der Waals surface area contributed by atoms with Gasteiger partial charge in [0.25, 0.3) is 0 Å². The number of aliphatic hydroxyl groups excluding tert-OH is 1. The van der Waals surface area contributed by atoms with Crippen LogP contribution in [0.5, 0.6) is 0 Å². The van der Waals surface area contributed by atoms with Gasteiger partial charge in [-0.1, -0.05) is 12.1 Å². The van der Waals surface area contributed by atoms with Crippen LogP contribution < -0.4 is 4.90 Å². The summed E-state index contributed by atoms with van der Waals surface area (Å²) in [5, 5.41) is 9.90. The zero-order valence-electron chi connectivity index (χ0n) is 18.6. The number of aliphatic hydroxyl groups is 1. The molecular weight excluding hydrogens is 378 g/mol. The molecule has 0 radical (unpaired) electrons. The van der Waals surface area contributed by atoms with Gasteiger partial charge in [0.05, 0.1) is 25.2 Å². The van der Waals surface area contributed by atoms with Gasteiger partial charge >= 0.3 is 0 Å². The normalized spacial score (nSPS) is 26.8. The van der Waals surface area contributed by atoms with Gasteiger partial charge < -0.3 is 19.6 Å². The van der Waals surface area contributed by atoms with Crippen LogP contribution in [0.1, 0.15) is 37.7 Å². The van der Waals surface area contributed by atoms with Crippen LogP contribution in [0.25, 0.3) is 0 Å². The molecule has 4 rings (SSSR count). The topological polar surface area (TPSA) is 56.2 Å². The largest absolute Gasteiger partial charge is 0.392 e. The SMILES string of the molecule is CN(C)c1ccc(CC(=O)N2CCC3(CC2)COC(CN2CCCC(O)C2)C3)cc1. The fourth-order valence-electron chi connectivity index (χ4n) is 5.27. The van der Waals surface area contributed by atoms with Crippen LogP contribution in [0.15, 0.2) is 24.3 Å². The lowest BCUT2D eigenvalue weighted by Crippen LogP contribution is -2.45. The standard InChI is InChI=1S/C24H37N3O3/c1-25(2)20-7-5-19(6-8-20)14-23(29)27-12-9-24(10-13-27)15-22(30-18-24)17-26-11-3-4-21(28)16-26/h5-8,21-22,28H,3-4,9-18H2,1-2H3. The van der Waals surface area contributed by atoms with E-state index >= 15 is 0 Å². The molecule has 30 heavy (non-hydrogen) atoms. The van der Waals surface area contributed by atoms with Gasteiger partial charge in [-0.15, -0.1) is 0 Å². The zero-order valence-corrected chi connectivity index (χ0v) is 18.6. The smallest absolute Gasteiger partial charge is 0.226 e. The predicted molar refractivity (Wildman–Crippen MR) is 119 cm³/mol. The Balaban J connectivity index is 1.24. The number of carbonyl (C=O) groups excluding carboxylic acids is 1. The molecule has 1 N–H and O–H groups in total. The summed E-state index contributed by atoms with van der Waals surface area (Å²) in [5.74, 6) is 0.236. The minimum Gasteiger partial charge on any atom is -0.392 e. The molecule has 1 amide bonds. The number of β-amino-alcohol motifs (C(OH)–C–C–N with tert-alkyl or cyclic N) is 1. The van der Waals surface area contributed by atoms with Gasteiger partial charge in [0.15, 0.2) is 0 Å². The van der Waals surface area contributed by atoms with E-state index in [2.05, 4.69) is 34.1 Å². The highest BCUT2D eigenvalue weighted by atomic mass is 16.5. The van der Waals surface area contributed by atoms with Crippen molar-refractivity contribution in [2.75, 3.05) is 58.3 Å². The average molecular weight is 416 g/mol. The molecule has 3 fully saturated rings. The van der Waals surface area contributed by atoms with Crippen LogP contribution >= 0.6 is 0 Å². The van der Waals surface area contributed by atoms with Crippen LogP contribution in [-0.2, 0) is 16.0 Å². The van der Waals surface area contributed by atoms with E-state index < -0.39 is 0 Å². The van der Waals surface area contributed by atoms with E-state index in [1.807, 2.05) is 19.0 Å². The van der Waals surface area contributed by atoms with Gasteiger partial charge in [-0.2, -0.15) is 0 Å². The van der Waals surface area contributed by atoms with Gasteiger partial charge in [0.2, 0.25) is 5.91 Å². The maximum absolute atomic E-state index is 12.8. The molecule has 166 valence electrons. The van der Waals surface area contributed by atoms with Crippen molar-refractivity contribution in [1.82, 2.24) is 9.80 Å². The van der Waals surface area contributed by atoms with E-state index in [4.69, 9.17) is 4.74 Å². The molecule has 0 bridgehead atoms. The molecule has 3 heterocycles. The van der Waals surface area contributed by atoms with Crippen molar-refractivity contribution >= 4 is 11.6 Å². The summed E-state index contributed by atoms with van der Waals surface area (Å²) >= 11 is 0. The number of carbonyl (C=O) groups is 1. The Morgan fingerprint density at radius 2 is 1.93 bits per heavy atom. The van der Waals surface area contributed by atoms with Crippen molar-refractivity contribution in [1.29, 1.82) is 0 Å². The molecule has 0 aliphatic carbocycles. The fourth-order valence-corrected chi connectivity index (χ4v) is 5.27. The lowest BCUT2D eigenvalue weighted by atomic mass is 9.76. The molecule has 0 aromatic heterocycles. The molecule has 3 saturated heterocycles. The molecule has 3 aliphatic heterocycles. The van der Waals surface area contributed by atoms with E-state index in [1.165, 1.54) is 0 Å². The number of likely N-dealkylation sites (tertiary alicyclic amines) is 2. The first-order chi connectivity index (χ1) is 14.4. The van der Waals surface area contributed by atoms with Crippen molar-refractivity contribution < 1.29 is 14.6 Å². The number of amides is 1. The third kappa shape index (κ3) is 5.16. The maximum atomic E-state index is 12.8. The Morgan fingerprint density at radius 1 is 1.20 bits per heavy atom. The molecule has 1 aromatic rings. The fraction of sp³-hybridized carbons (Fsp3) is 0.708. The Hall–Kier alpha value is -1.63. The van der Waals surface area contributed by atoms with Crippen LogP contribution in [0, 0.1) is 5.41 Å². The second kappa shape index (κ2) is 9.25. The summed E-state index contributed by atoms with van der Waals surface area (Å²) in [6.07, 6.45) is 5.75. The van der Waals surface area contributed by atoms with Crippen molar-refractivity contribution in [3.63, 3.8) is 0 Å². The second-order valence-electron chi connectivity index (χ2n) is 9.81. The average Bonchev–Trinajstić information content (AvgIpc) is 3.10. The monoisotopic (exact) mass is 415 g/mol. The number of piperidine rings is 2. The van der Waals surface area contributed by atoms with Gasteiger partial charge in [-0.05, 0) is 61.8 Å². The molecule has 2 unspecified atom stereocenters. The Kier molecular flexibility index (Phi) is 6.66. The number of anilines is 1. The summed E-state index contributed by atoms with van der Waals surface area (Å²) in [5.41, 5.74) is 2.48. The van der Waals surface area contributed by atoms with Crippen LogP contribution in [0.4, 0.5) is 5.69 Å². The van der Waals surface area contributed by atoms with Gasteiger partial charge in [-0.3, -0.25) is 9.69 Å². The third-order valence-electron chi connectivity index (χ3n) is 7.21. The lowest BCUT2D eigenvalue weighted by Gasteiger charge is -2.38. The number of ether oxygens (including phenoxy) is 1. The zero-order chi connectivity index (χ0) is 21.1. The molecule has 3 aliphatic rings. The first-order valence-corrected chi connectivity index (χ1v) is 11.5. The summed E-state index contributed by atoms with van der Waals surface area (Å²) < 4.78 is 6.18. The molecule has 6 nitrogen and oxygen atoms in total. The Labute approximate surface area is 180 Å². The van der Waals surface area contributed by atoms with Crippen LogP contribution in [0.2, 0.25) is 0 Å². The minimum absolute atomic E-state index is 0.178. The van der Waals surface area contributed by atoms with E-state index in [-0.39, 0.29) is 23.5 Å². The number of rotatable bonds is 5. The molecule has 2 atom stereocenters. The minimum atomic E-state index is -0.178. The lowest BCUT2D eigenvalue weighted by molar-refractivity contribution is -0.132. The molecule has 1 aromatic carbocycles. The number of benzene rings is 1. The van der Waals surface area contributed by atoms with E-state index in [1.54, 1.807) is 0 Å². The van der Waals surface area contributed by atoms with Crippen LogP contribution in [-0.4, -0.2) is 86.4 Å². The van der Waals surface area contributed by atoms with Gasteiger partial charge in [0, 0.05) is 46.0 Å². The molecule has 0 saturated carbocycles. The van der Waals surface area contributed by atoms with Crippen molar-refractivity contribution in [2.45, 2.75) is 50.7 Å². The molecule has 1 spiro atoms. The number of nitrogens with zero attached hydrogens (tertiary/aromatic N) is 3. The van der Waals surface area contributed by atoms with E-state index in [0.717, 1.165) is 82.7 Å². The number of hydrogen-bond acceptors (Lipinski definition) is 5. The molecular formula is C24H37N3O3. The first-order valence-electron chi connectivity index (χ1n) is 11.5. The summed E-state index contributed by atoms with van der Waals surface area (Å²) in [6, 6.07) is 8.27. The third-order valence-corrected chi connectivity index (χ3v) is 7.21. The highest BCUT2D eigenvalue weighted by Crippen LogP contribution is 2.42. The van der Waals surface area contributed by atoms with E-state index in [9.17, 15) is 9.90 Å². The van der Waals surface area contributed by atoms with E-state index in [0.29, 0.717) is 6.42 Å². The quantitative estimate of drug-likeness (QED) is 0.799. The second-order valence-corrected chi connectivity index (χ2v) is 9.81. The summed E-state index contributed by atoms with van der Waals surface area (Å²) in [6.45, 7) is 5.29. The Morgan fingerprint density at radius 3 is 2.60 bits per heavy atom. The molecule has 6 heteroatoms. The first kappa shape index (κ1) is 21.6. The Bertz CT molecular complexity index is 713. The van der Waals surface area contributed by atoms with Crippen molar-refractivity contribution in [2.24, 2.45) is 5.41 Å². The summed E-state index contributed by atoms with van der Waals surface area (Å²) in [7, 11) is 4.05. The highest BCUT2D eigenvalue weighted by molar-refractivity contribution is 5.79. The summed E-state index contributed by atoms with van der Waals surface area (Å²) in [4.78, 5) is 19.3. The van der Waals surface area contributed by atoms with Crippen LogP contribution in [0.3, 0.4) is 0 Å². The van der Waals surface area contributed by atoms with Gasteiger partial charge in [-0.25, -0.2) is 0 Å². The van der Waals surface area contributed by atoms with Gasteiger partial charge in [0.1, 0.15) is 0 Å². The highest BCUT2D eigenvalue weighted by Gasteiger charge is 2.43.